The third-order valence-corrected chi connectivity index (χ3v) is 4.68. The summed E-state index contributed by atoms with van der Waals surface area (Å²) in [5.74, 6) is 0.274. The van der Waals surface area contributed by atoms with Crippen LogP contribution in [0.4, 0.5) is 5.69 Å². The molecule has 0 spiro atoms. The zero-order valence-corrected chi connectivity index (χ0v) is 13.7. The lowest BCUT2D eigenvalue weighted by molar-refractivity contribution is -0.398. The molecule has 1 aliphatic carbocycles. The molecule has 0 aliphatic heterocycles. The number of hydrogen-bond acceptors (Lipinski definition) is 4. The molecule has 5 heteroatoms. The van der Waals surface area contributed by atoms with E-state index in [2.05, 4.69) is 11.9 Å². The second-order valence-corrected chi connectivity index (χ2v) is 6.40. The quantitative estimate of drug-likeness (QED) is 0.327. The van der Waals surface area contributed by atoms with Crippen LogP contribution in [-0.4, -0.2) is 17.2 Å². The minimum absolute atomic E-state index is 0.246. The van der Waals surface area contributed by atoms with Crippen molar-refractivity contribution in [3.05, 3.63) is 33.9 Å². The first-order valence-electron chi connectivity index (χ1n) is 8.59. The van der Waals surface area contributed by atoms with Gasteiger partial charge >= 0.3 is 0 Å². The molecule has 1 saturated carbocycles. The van der Waals surface area contributed by atoms with Gasteiger partial charge in [0, 0.05) is 18.3 Å². The lowest BCUT2D eigenvalue weighted by atomic mass is 9.83. The predicted octanol–water partition coefficient (Wildman–Crippen LogP) is 4.23. The largest absolute Gasteiger partial charge is 0.867 e. The number of rotatable bonds is 7. The van der Waals surface area contributed by atoms with Crippen LogP contribution < -0.4 is 5.11 Å². The number of aliphatic imine (C=N–C) groups is 1. The number of hydrogen-bond donors (Lipinski definition) is 0. The second kappa shape index (κ2) is 8.65. The van der Waals surface area contributed by atoms with Crippen molar-refractivity contribution >= 4 is 11.9 Å². The molecule has 1 fully saturated rings. The van der Waals surface area contributed by atoms with Crippen LogP contribution in [0.25, 0.3) is 0 Å². The van der Waals surface area contributed by atoms with Gasteiger partial charge in [-0.3, -0.25) is 15.1 Å². The molecule has 0 N–H and O–H groups in total. The van der Waals surface area contributed by atoms with Gasteiger partial charge in [-0.05, 0) is 42.9 Å². The van der Waals surface area contributed by atoms with Crippen molar-refractivity contribution in [2.24, 2.45) is 10.9 Å². The third-order valence-electron chi connectivity index (χ3n) is 4.68. The third kappa shape index (κ3) is 5.05. The molecule has 23 heavy (non-hydrogen) atoms. The molecule has 0 aromatic heterocycles. The first kappa shape index (κ1) is 17.4. The number of benzene rings is 1. The standard InChI is InChI=1S/C18H26N2O3/c1-2-3-4-6-14-9-11-16(12-10-14)19-13-15-7-5-8-17(18(15)21)20(22)23/h5,7-8,13-14,16,21H,2-4,6,9-12H2,1H3/p-1. The average molecular weight is 317 g/mol. The van der Waals surface area contributed by atoms with Gasteiger partial charge in [0.2, 0.25) is 0 Å². The summed E-state index contributed by atoms with van der Waals surface area (Å²) in [5, 5.41) is 22.7. The summed E-state index contributed by atoms with van der Waals surface area (Å²) < 4.78 is 0. The Morgan fingerprint density at radius 3 is 2.65 bits per heavy atom. The minimum Gasteiger partial charge on any atom is -0.867 e. The second-order valence-electron chi connectivity index (χ2n) is 6.40. The Hall–Kier alpha value is -1.91. The van der Waals surface area contributed by atoms with Gasteiger partial charge in [-0.1, -0.05) is 44.7 Å². The van der Waals surface area contributed by atoms with E-state index in [0.717, 1.165) is 18.8 Å². The molecule has 0 saturated heterocycles. The van der Waals surface area contributed by atoms with Crippen molar-refractivity contribution in [3.63, 3.8) is 0 Å². The minimum atomic E-state index is -0.638. The van der Waals surface area contributed by atoms with Gasteiger partial charge < -0.3 is 5.11 Å². The summed E-state index contributed by atoms with van der Waals surface area (Å²) in [4.78, 5) is 14.6. The molecule has 1 aromatic carbocycles. The van der Waals surface area contributed by atoms with E-state index >= 15 is 0 Å². The fourth-order valence-corrected chi connectivity index (χ4v) is 3.24. The van der Waals surface area contributed by atoms with Crippen molar-refractivity contribution in [3.8, 4) is 5.75 Å². The van der Waals surface area contributed by atoms with Gasteiger partial charge in [-0.2, -0.15) is 0 Å². The summed E-state index contributed by atoms with van der Waals surface area (Å²) in [6, 6.07) is 4.61. The molecule has 1 aliphatic rings. The lowest BCUT2D eigenvalue weighted by Crippen LogP contribution is -2.17. The van der Waals surface area contributed by atoms with Gasteiger partial charge in [-0.15, -0.1) is 0 Å². The van der Waals surface area contributed by atoms with Crippen LogP contribution in [0, 0.1) is 16.0 Å². The van der Waals surface area contributed by atoms with E-state index in [1.54, 1.807) is 6.07 Å². The highest BCUT2D eigenvalue weighted by Gasteiger charge is 2.19. The van der Waals surface area contributed by atoms with E-state index in [9.17, 15) is 15.2 Å². The summed E-state index contributed by atoms with van der Waals surface area (Å²) in [6.45, 7) is 2.23. The van der Waals surface area contributed by atoms with Crippen LogP contribution in [0.15, 0.2) is 23.2 Å². The molecule has 0 amide bonds. The van der Waals surface area contributed by atoms with Gasteiger partial charge in [0.25, 0.3) is 5.69 Å². The van der Waals surface area contributed by atoms with E-state index in [1.807, 2.05) is 0 Å². The molecule has 0 atom stereocenters. The normalized spacial score (nSPS) is 21.6. The monoisotopic (exact) mass is 317 g/mol. The Labute approximate surface area is 137 Å². The van der Waals surface area contributed by atoms with E-state index in [-0.39, 0.29) is 11.7 Å². The van der Waals surface area contributed by atoms with Crippen LogP contribution in [0.1, 0.15) is 63.9 Å². The molecule has 0 unspecified atom stereocenters. The highest BCUT2D eigenvalue weighted by Crippen LogP contribution is 2.30. The van der Waals surface area contributed by atoms with Crippen LogP contribution in [0.2, 0.25) is 0 Å². The lowest BCUT2D eigenvalue weighted by Gasteiger charge is -2.26. The maximum atomic E-state index is 11.9. The summed E-state index contributed by atoms with van der Waals surface area (Å²) in [5.41, 5.74) is -0.0714. The van der Waals surface area contributed by atoms with Crippen LogP contribution in [0.5, 0.6) is 5.75 Å². The van der Waals surface area contributed by atoms with E-state index in [4.69, 9.17) is 0 Å². The number of para-hydroxylation sites is 1. The van der Waals surface area contributed by atoms with Crippen LogP contribution in [-0.2, 0) is 0 Å². The molecule has 0 bridgehead atoms. The SMILES string of the molecule is CCCCCC1CCC(N=Cc2cccc([N+](=O)[O-])c2[O-])CC1. The van der Waals surface area contributed by atoms with Crippen molar-refractivity contribution in [2.75, 3.05) is 0 Å². The van der Waals surface area contributed by atoms with Crippen molar-refractivity contribution in [1.29, 1.82) is 0 Å². The van der Waals surface area contributed by atoms with Gasteiger partial charge in [0.1, 0.15) is 0 Å². The van der Waals surface area contributed by atoms with Crippen molar-refractivity contribution in [1.82, 2.24) is 0 Å². The Balaban J connectivity index is 1.88. The Kier molecular flexibility index (Phi) is 6.56. The maximum absolute atomic E-state index is 11.9. The molecule has 126 valence electrons. The fraction of sp³-hybridized carbons (Fsp3) is 0.611. The zero-order chi connectivity index (χ0) is 16.7. The number of nitro benzene ring substituents is 1. The first-order valence-corrected chi connectivity index (χ1v) is 8.59. The topological polar surface area (TPSA) is 78.6 Å². The van der Waals surface area contributed by atoms with E-state index in [0.29, 0.717) is 5.56 Å². The Morgan fingerprint density at radius 1 is 1.26 bits per heavy atom. The molecule has 0 radical (unpaired) electrons. The number of nitro groups is 1. The van der Waals surface area contributed by atoms with Crippen molar-refractivity contribution < 1.29 is 10.0 Å². The van der Waals surface area contributed by atoms with Gasteiger partial charge in [0.15, 0.2) is 0 Å². The first-order chi connectivity index (χ1) is 11.1. The molecular weight excluding hydrogens is 292 g/mol. The fourth-order valence-electron chi connectivity index (χ4n) is 3.24. The Morgan fingerprint density at radius 2 is 2.00 bits per heavy atom. The maximum Gasteiger partial charge on any atom is 0.262 e. The summed E-state index contributed by atoms with van der Waals surface area (Å²) in [6.07, 6.45) is 11.2. The zero-order valence-electron chi connectivity index (χ0n) is 13.7. The molecular formula is C18H25N2O3-. The highest BCUT2D eigenvalue weighted by molar-refractivity contribution is 5.85. The number of nitrogens with zero attached hydrogens (tertiary/aromatic N) is 2. The smallest absolute Gasteiger partial charge is 0.262 e. The molecule has 0 heterocycles. The average Bonchev–Trinajstić information content (AvgIpc) is 2.55. The van der Waals surface area contributed by atoms with Gasteiger partial charge in [-0.25, -0.2) is 0 Å². The van der Waals surface area contributed by atoms with Crippen molar-refractivity contribution in [2.45, 2.75) is 64.3 Å². The van der Waals surface area contributed by atoms with Crippen LogP contribution in [0.3, 0.4) is 0 Å². The number of unbranched alkanes of at least 4 members (excludes halogenated alkanes) is 2. The summed E-state index contributed by atoms with van der Waals surface area (Å²) >= 11 is 0. The molecule has 1 aromatic rings. The van der Waals surface area contributed by atoms with Gasteiger partial charge in [0.05, 0.1) is 4.92 Å². The summed E-state index contributed by atoms with van der Waals surface area (Å²) in [7, 11) is 0. The van der Waals surface area contributed by atoms with E-state index in [1.165, 1.54) is 56.9 Å². The molecule has 5 nitrogen and oxygen atoms in total. The van der Waals surface area contributed by atoms with E-state index < -0.39 is 10.7 Å². The highest BCUT2D eigenvalue weighted by atomic mass is 16.6. The Bertz CT molecular complexity index is 549. The molecule has 2 rings (SSSR count). The predicted molar refractivity (Wildman–Crippen MR) is 90.0 cm³/mol. The van der Waals surface area contributed by atoms with Crippen LogP contribution >= 0.6 is 0 Å².